The molecular weight excluding hydrogens is 276 g/mol. The molecule has 0 aromatic heterocycles. The lowest BCUT2D eigenvalue weighted by Gasteiger charge is -2.27. The first-order chi connectivity index (χ1) is 10.3. The van der Waals surface area contributed by atoms with Crippen LogP contribution >= 0.6 is 0 Å². The van der Waals surface area contributed by atoms with E-state index >= 15 is 0 Å². The molecule has 0 heterocycles. The second-order valence-corrected chi connectivity index (χ2v) is 6.15. The van der Waals surface area contributed by atoms with Crippen LogP contribution in [0.15, 0.2) is 18.2 Å². The Bertz CT molecular complexity index is 538. The molecule has 0 bridgehead atoms. The Labute approximate surface area is 133 Å². The van der Waals surface area contributed by atoms with Crippen LogP contribution in [-0.4, -0.2) is 29.3 Å². The number of nitrogens with zero attached hydrogens (tertiary/aromatic N) is 1. The summed E-state index contributed by atoms with van der Waals surface area (Å²) in [6.07, 6.45) is 0.828. The molecular formula is C18H28N2O2. The van der Waals surface area contributed by atoms with E-state index in [4.69, 9.17) is 0 Å². The first kappa shape index (κ1) is 18.2. The topological polar surface area (TPSA) is 49.4 Å². The Morgan fingerprint density at radius 2 is 1.86 bits per heavy atom. The summed E-state index contributed by atoms with van der Waals surface area (Å²) >= 11 is 0. The monoisotopic (exact) mass is 304 g/mol. The average Bonchev–Trinajstić information content (AvgIpc) is 2.45. The van der Waals surface area contributed by atoms with Crippen molar-refractivity contribution in [2.45, 2.75) is 59.9 Å². The molecule has 1 unspecified atom stereocenters. The number of para-hydroxylation sites is 1. The molecule has 2 amide bonds. The van der Waals surface area contributed by atoms with E-state index in [2.05, 4.69) is 19.2 Å². The SMILES string of the molecule is CCC(C)N(CC(=O)Nc1c(C)cccc1C(C)C)C(C)=O. The van der Waals surface area contributed by atoms with E-state index in [1.54, 1.807) is 4.90 Å². The quantitative estimate of drug-likeness (QED) is 0.871. The highest BCUT2D eigenvalue weighted by atomic mass is 16.2. The summed E-state index contributed by atoms with van der Waals surface area (Å²) in [5.74, 6) is 0.110. The maximum Gasteiger partial charge on any atom is 0.244 e. The van der Waals surface area contributed by atoms with Crippen molar-refractivity contribution in [2.24, 2.45) is 0 Å². The van der Waals surface area contributed by atoms with E-state index in [1.807, 2.05) is 39.0 Å². The van der Waals surface area contributed by atoms with Crippen LogP contribution in [0.25, 0.3) is 0 Å². The van der Waals surface area contributed by atoms with Gasteiger partial charge in [0.1, 0.15) is 6.54 Å². The van der Waals surface area contributed by atoms with Crippen LogP contribution in [-0.2, 0) is 9.59 Å². The highest BCUT2D eigenvalue weighted by Crippen LogP contribution is 2.27. The molecule has 4 nitrogen and oxygen atoms in total. The van der Waals surface area contributed by atoms with Gasteiger partial charge in [-0.05, 0) is 37.3 Å². The van der Waals surface area contributed by atoms with E-state index < -0.39 is 0 Å². The first-order valence-corrected chi connectivity index (χ1v) is 7.94. The molecule has 1 N–H and O–H groups in total. The van der Waals surface area contributed by atoms with E-state index in [-0.39, 0.29) is 24.4 Å². The van der Waals surface area contributed by atoms with Gasteiger partial charge in [-0.1, -0.05) is 39.0 Å². The molecule has 122 valence electrons. The number of anilines is 1. The van der Waals surface area contributed by atoms with Crippen molar-refractivity contribution >= 4 is 17.5 Å². The molecule has 1 rings (SSSR count). The number of aryl methyl sites for hydroxylation is 1. The second-order valence-electron chi connectivity index (χ2n) is 6.15. The largest absolute Gasteiger partial charge is 0.331 e. The summed E-state index contributed by atoms with van der Waals surface area (Å²) in [6.45, 7) is 11.8. The fourth-order valence-corrected chi connectivity index (χ4v) is 2.47. The fraction of sp³-hybridized carbons (Fsp3) is 0.556. The van der Waals surface area contributed by atoms with Crippen molar-refractivity contribution in [1.29, 1.82) is 0 Å². The molecule has 0 saturated carbocycles. The van der Waals surface area contributed by atoms with Gasteiger partial charge >= 0.3 is 0 Å². The Hall–Kier alpha value is -1.84. The maximum absolute atomic E-state index is 12.4. The zero-order valence-electron chi connectivity index (χ0n) is 14.6. The van der Waals surface area contributed by atoms with Crippen LogP contribution in [0.3, 0.4) is 0 Å². The molecule has 0 radical (unpaired) electrons. The van der Waals surface area contributed by atoms with Crippen LogP contribution in [0.5, 0.6) is 0 Å². The first-order valence-electron chi connectivity index (χ1n) is 7.94. The third-order valence-corrected chi connectivity index (χ3v) is 4.03. The summed E-state index contributed by atoms with van der Waals surface area (Å²) in [5, 5.41) is 2.99. The van der Waals surface area contributed by atoms with Crippen molar-refractivity contribution < 1.29 is 9.59 Å². The molecule has 0 saturated heterocycles. The molecule has 0 aliphatic rings. The highest BCUT2D eigenvalue weighted by Gasteiger charge is 2.20. The molecule has 22 heavy (non-hydrogen) atoms. The third-order valence-electron chi connectivity index (χ3n) is 4.03. The molecule has 1 aromatic rings. The van der Waals surface area contributed by atoms with Gasteiger partial charge in [-0.2, -0.15) is 0 Å². The van der Waals surface area contributed by atoms with Crippen LogP contribution < -0.4 is 5.32 Å². The number of carbonyl (C=O) groups excluding carboxylic acids is 2. The Kier molecular flexibility index (Phi) is 6.60. The van der Waals surface area contributed by atoms with Gasteiger partial charge in [-0.3, -0.25) is 9.59 Å². The minimum atomic E-state index is -0.147. The standard InChI is InChI=1S/C18H28N2O2/c1-7-14(5)20(15(6)21)11-17(22)19-18-13(4)9-8-10-16(18)12(2)3/h8-10,12,14H,7,11H2,1-6H3,(H,19,22). The summed E-state index contributed by atoms with van der Waals surface area (Å²) < 4.78 is 0. The van der Waals surface area contributed by atoms with E-state index in [9.17, 15) is 9.59 Å². The van der Waals surface area contributed by atoms with Gasteiger partial charge in [0.25, 0.3) is 0 Å². The van der Waals surface area contributed by atoms with Gasteiger partial charge in [0.15, 0.2) is 0 Å². The zero-order chi connectivity index (χ0) is 16.9. The average molecular weight is 304 g/mol. The van der Waals surface area contributed by atoms with Crippen LogP contribution in [0.2, 0.25) is 0 Å². The summed E-state index contributed by atoms with van der Waals surface area (Å²) in [6, 6.07) is 6.08. The van der Waals surface area contributed by atoms with Crippen molar-refractivity contribution in [1.82, 2.24) is 4.90 Å². The Balaban J connectivity index is 2.91. The maximum atomic E-state index is 12.4. The minimum absolute atomic E-state index is 0.0599. The number of amides is 2. The lowest BCUT2D eigenvalue weighted by molar-refractivity contribution is -0.134. The fourth-order valence-electron chi connectivity index (χ4n) is 2.47. The molecule has 4 heteroatoms. The molecule has 0 spiro atoms. The van der Waals surface area contributed by atoms with Gasteiger partial charge in [0.2, 0.25) is 11.8 Å². The summed E-state index contributed by atoms with van der Waals surface area (Å²) in [7, 11) is 0. The summed E-state index contributed by atoms with van der Waals surface area (Å²) in [5.41, 5.74) is 3.03. The highest BCUT2D eigenvalue weighted by molar-refractivity contribution is 5.95. The Morgan fingerprint density at radius 1 is 1.23 bits per heavy atom. The van der Waals surface area contributed by atoms with Crippen LogP contribution in [0.1, 0.15) is 58.1 Å². The van der Waals surface area contributed by atoms with Crippen LogP contribution in [0, 0.1) is 6.92 Å². The van der Waals surface area contributed by atoms with Crippen molar-refractivity contribution in [3.63, 3.8) is 0 Å². The number of carbonyl (C=O) groups is 2. The van der Waals surface area contributed by atoms with Crippen LogP contribution in [0.4, 0.5) is 5.69 Å². The zero-order valence-corrected chi connectivity index (χ0v) is 14.6. The molecule has 1 aromatic carbocycles. The smallest absolute Gasteiger partial charge is 0.244 e. The number of hydrogen-bond acceptors (Lipinski definition) is 2. The predicted octanol–water partition coefficient (Wildman–Crippen LogP) is 3.70. The van der Waals surface area contributed by atoms with Gasteiger partial charge < -0.3 is 10.2 Å². The minimum Gasteiger partial charge on any atom is -0.331 e. The lowest BCUT2D eigenvalue weighted by atomic mass is 9.98. The molecule has 0 aliphatic carbocycles. The van der Waals surface area contributed by atoms with Crippen molar-refractivity contribution in [2.75, 3.05) is 11.9 Å². The predicted molar refractivity (Wildman–Crippen MR) is 91.0 cm³/mol. The van der Waals surface area contributed by atoms with E-state index in [0.717, 1.165) is 23.2 Å². The molecule has 0 aliphatic heterocycles. The molecule has 1 atom stereocenters. The van der Waals surface area contributed by atoms with Gasteiger partial charge in [0.05, 0.1) is 0 Å². The number of hydrogen-bond donors (Lipinski definition) is 1. The molecule has 0 fully saturated rings. The van der Waals surface area contributed by atoms with E-state index in [0.29, 0.717) is 5.92 Å². The lowest BCUT2D eigenvalue weighted by Crippen LogP contribution is -2.42. The summed E-state index contributed by atoms with van der Waals surface area (Å²) in [4.78, 5) is 25.7. The van der Waals surface area contributed by atoms with Crippen molar-refractivity contribution in [3.8, 4) is 0 Å². The number of rotatable bonds is 6. The number of nitrogens with one attached hydrogen (secondary N) is 1. The second kappa shape index (κ2) is 7.97. The normalized spacial score (nSPS) is 12.1. The number of benzene rings is 1. The van der Waals surface area contributed by atoms with Gasteiger partial charge in [-0.25, -0.2) is 0 Å². The van der Waals surface area contributed by atoms with Gasteiger partial charge in [-0.15, -0.1) is 0 Å². The van der Waals surface area contributed by atoms with Crippen molar-refractivity contribution in [3.05, 3.63) is 29.3 Å². The Morgan fingerprint density at radius 3 is 2.36 bits per heavy atom. The third kappa shape index (κ3) is 4.58. The van der Waals surface area contributed by atoms with E-state index in [1.165, 1.54) is 6.92 Å². The van der Waals surface area contributed by atoms with Gasteiger partial charge in [0, 0.05) is 18.7 Å².